The number of hydrogen-bond acceptors (Lipinski definition) is 6. The largest absolute Gasteiger partial charge is 0.358 e. The Morgan fingerprint density at radius 1 is 1.21 bits per heavy atom. The van der Waals surface area contributed by atoms with Crippen molar-refractivity contribution in [2.45, 2.75) is 31.2 Å². The molecule has 2 heterocycles. The SMILES string of the molecule is CCCCc1nc(SCC(=O)NC)c2c(=O)n(C)c(=O)n(C)c2n1. The molecule has 2 aromatic heterocycles. The summed E-state index contributed by atoms with van der Waals surface area (Å²) in [6.07, 6.45) is 2.55. The van der Waals surface area contributed by atoms with Crippen molar-refractivity contribution in [2.75, 3.05) is 12.8 Å². The Hall–Kier alpha value is -2.16. The molecule has 2 aromatic rings. The summed E-state index contributed by atoms with van der Waals surface area (Å²) in [5.41, 5.74) is -0.576. The lowest BCUT2D eigenvalue weighted by Gasteiger charge is -2.11. The molecule has 24 heavy (non-hydrogen) atoms. The van der Waals surface area contributed by atoms with Gasteiger partial charge in [0.05, 0.1) is 5.75 Å². The number of carbonyl (C=O) groups excluding carboxylic acids is 1. The van der Waals surface area contributed by atoms with Gasteiger partial charge in [-0.1, -0.05) is 25.1 Å². The van der Waals surface area contributed by atoms with Crippen LogP contribution in [0.4, 0.5) is 0 Å². The van der Waals surface area contributed by atoms with Crippen LogP contribution in [0.25, 0.3) is 11.0 Å². The van der Waals surface area contributed by atoms with E-state index < -0.39 is 11.2 Å². The van der Waals surface area contributed by atoms with Gasteiger partial charge in [0.2, 0.25) is 5.91 Å². The number of hydrogen-bond donors (Lipinski definition) is 1. The van der Waals surface area contributed by atoms with Crippen molar-refractivity contribution in [3.63, 3.8) is 0 Å². The van der Waals surface area contributed by atoms with Gasteiger partial charge in [-0.3, -0.25) is 18.7 Å². The number of fused-ring (bicyclic) bond motifs is 1. The van der Waals surface area contributed by atoms with E-state index in [9.17, 15) is 14.4 Å². The summed E-state index contributed by atoms with van der Waals surface area (Å²) in [4.78, 5) is 45.1. The number of amides is 1. The fourth-order valence-corrected chi connectivity index (χ4v) is 3.13. The molecule has 0 saturated heterocycles. The summed E-state index contributed by atoms with van der Waals surface area (Å²) >= 11 is 1.18. The highest BCUT2D eigenvalue weighted by Crippen LogP contribution is 2.22. The Kier molecular flexibility index (Phi) is 5.76. The van der Waals surface area contributed by atoms with Crippen LogP contribution in [0.3, 0.4) is 0 Å². The molecule has 0 radical (unpaired) electrons. The number of aromatic nitrogens is 4. The van der Waals surface area contributed by atoms with Gasteiger partial charge >= 0.3 is 5.69 Å². The standard InChI is InChI=1S/C15H21N5O3S/c1-5-6-7-9-17-12-11(13(18-9)24-8-10(21)16-2)14(22)20(4)15(23)19(12)3/h5-8H2,1-4H3,(H,16,21). The molecule has 0 aliphatic rings. The maximum Gasteiger partial charge on any atom is 0.332 e. The van der Waals surface area contributed by atoms with E-state index in [1.807, 2.05) is 0 Å². The molecule has 0 saturated carbocycles. The van der Waals surface area contributed by atoms with E-state index in [1.54, 1.807) is 14.1 Å². The number of nitrogens with zero attached hydrogens (tertiary/aromatic N) is 4. The van der Waals surface area contributed by atoms with Gasteiger partial charge in [0.25, 0.3) is 5.56 Å². The van der Waals surface area contributed by atoms with Crippen LogP contribution in [0.1, 0.15) is 25.6 Å². The Bertz CT molecular complexity index is 887. The van der Waals surface area contributed by atoms with Crippen molar-refractivity contribution in [1.29, 1.82) is 0 Å². The molecule has 1 N–H and O–H groups in total. The first-order valence-electron chi connectivity index (χ1n) is 7.70. The third-order valence-corrected chi connectivity index (χ3v) is 4.66. The van der Waals surface area contributed by atoms with Gasteiger partial charge in [0.1, 0.15) is 16.2 Å². The molecule has 1 amide bonds. The average Bonchev–Trinajstić information content (AvgIpc) is 2.60. The summed E-state index contributed by atoms with van der Waals surface area (Å²) in [6.45, 7) is 2.06. The summed E-state index contributed by atoms with van der Waals surface area (Å²) in [7, 11) is 4.55. The summed E-state index contributed by atoms with van der Waals surface area (Å²) in [5, 5.41) is 3.24. The molecule has 9 heteroatoms. The van der Waals surface area contributed by atoms with Crippen molar-refractivity contribution in [2.24, 2.45) is 14.1 Å². The summed E-state index contributed by atoms with van der Waals surface area (Å²) in [5.74, 6) is 0.553. The third kappa shape index (κ3) is 3.50. The van der Waals surface area contributed by atoms with Gasteiger partial charge < -0.3 is 5.32 Å². The maximum atomic E-state index is 12.5. The fourth-order valence-electron chi connectivity index (χ4n) is 2.23. The monoisotopic (exact) mass is 351 g/mol. The van der Waals surface area contributed by atoms with Crippen LogP contribution in [0.2, 0.25) is 0 Å². The van der Waals surface area contributed by atoms with Crippen LogP contribution >= 0.6 is 11.8 Å². The highest BCUT2D eigenvalue weighted by molar-refractivity contribution is 8.00. The van der Waals surface area contributed by atoms with Crippen LogP contribution in [0.5, 0.6) is 0 Å². The van der Waals surface area contributed by atoms with Crippen molar-refractivity contribution in [3.05, 3.63) is 26.7 Å². The molecule has 0 unspecified atom stereocenters. The number of carbonyl (C=O) groups is 1. The molecule has 0 bridgehead atoms. The molecule has 0 aliphatic carbocycles. The summed E-state index contributed by atoms with van der Waals surface area (Å²) in [6, 6.07) is 0. The van der Waals surface area contributed by atoms with Gasteiger partial charge in [0, 0.05) is 27.6 Å². The number of nitrogens with one attached hydrogen (secondary N) is 1. The molecular weight excluding hydrogens is 330 g/mol. The number of rotatable bonds is 6. The van der Waals surface area contributed by atoms with Crippen molar-refractivity contribution in [1.82, 2.24) is 24.4 Å². The third-order valence-electron chi connectivity index (χ3n) is 3.69. The highest BCUT2D eigenvalue weighted by atomic mass is 32.2. The first-order valence-corrected chi connectivity index (χ1v) is 8.69. The zero-order chi connectivity index (χ0) is 17.9. The lowest BCUT2D eigenvalue weighted by molar-refractivity contribution is -0.118. The normalized spacial score (nSPS) is 11.0. The molecule has 130 valence electrons. The molecule has 0 aliphatic heterocycles. The number of unbranched alkanes of at least 4 members (excludes halogenated alkanes) is 1. The van der Waals surface area contributed by atoms with Gasteiger partial charge in [-0.15, -0.1) is 0 Å². The first kappa shape index (κ1) is 18.2. The topological polar surface area (TPSA) is 98.9 Å². The minimum Gasteiger partial charge on any atom is -0.358 e. The van der Waals surface area contributed by atoms with Crippen molar-refractivity contribution >= 4 is 28.7 Å². The summed E-state index contributed by atoms with van der Waals surface area (Å²) < 4.78 is 2.37. The molecule has 2 rings (SSSR count). The fraction of sp³-hybridized carbons (Fsp3) is 0.533. The Morgan fingerprint density at radius 2 is 1.92 bits per heavy atom. The van der Waals surface area contributed by atoms with Gasteiger partial charge in [0.15, 0.2) is 5.65 Å². The molecule has 0 aromatic carbocycles. The van der Waals surface area contributed by atoms with E-state index >= 15 is 0 Å². The molecule has 0 fully saturated rings. The molecular formula is C15H21N5O3S. The Morgan fingerprint density at radius 3 is 2.54 bits per heavy atom. The van der Waals surface area contributed by atoms with E-state index in [2.05, 4.69) is 22.2 Å². The van der Waals surface area contributed by atoms with Gasteiger partial charge in [-0.2, -0.15) is 0 Å². The highest BCUT2D eigenvalue weighted by Gasteiger charge is 2.18. The Labute approximate surface area is 143 Å². The number of aryl methyl sites for hydroxylation is 2. The van der Waals surface area contributed by atoms with Gasteiger partial charge in [-0.05, 0) is 6.42 Å². The zero-order valence-corrected chi connectivity index (χ0v) is 15.1. The lowest BCUT2D eigenvalue weighted by Crippen LogP contribution is -2.38. The molecule has 8 nitrogen and oxygen atoms in total. The van der Waals surface area contributed by atoms with E-state index in [0.717, 1.165) is 17.4 Å². The second-order valence-electron chi connectivity index (χ2n) is 5.41. The van der Waals surface area contributed by atoms with E-state index in [0.29, 0.717) is 22.9 Å². The zero-order valence-electron chi connectivity index (χ0n) is 14.3. The van der Waals surface area contributed by atoms with Crippen LogP contribution in [-0.4, -0.2) is 37.8 Å². The minimum absolute atomic E-state index is 0.141. The second kappa shape index (κ2) is 7.61. The average molecular weight is 351 g/mol. The van der Waals surface area contributed by atoms with Crippen molar-refractivity contribution in [3.8, 4) is 0 Å². The van der Waals surface area contributed by atoms with Crippen LogP contribution in [-0.2, 0) is 25.3 Å². The predicted molar refractivity (Wildman–Crippen MR) is 93.4 cm³/mol. The molecule has 0 spiro atoms. The van der Waals surface area contributed by atoms with Crippen LogP contribution < -0.4 is 16.6 Å². The Balaban J connectivity index is 2.69. The van der Waals surface area contributed by atoms with E-state index in [4.69, 9.17) is 0 Å². The lowest BCUT2D eigenvalue weighted by atomic mass is 10.2. The molecule has 0 atom stereocenters. The first-order chi connectivity index (χ1) is 11.4. The van der Waals surface area contributed by atoms with E-state index in [1.165, 1.54) is 23.4 Å². The van der Waals surface area contributed by atoms with E-state index in [-0.39, 0.29) is 17.0 Å². The maximum absolute atomic E-state index is 12.5. The van der Waals surface area contributed by atoms with Crippen molar-refractivity contribution < 1.29 is 4.79 Å². The second-order valence-corrected chi connectivity index (χ2v) is 6.38. The predicted octanol–water partition coefficient (Wildman–Crippen LogP) is 0.208. The number of thioether (sulfide) groups is 1. The van der Waals surface area contributed by atoms with Crippen LogP contribution in [0, 0.1) is 0 Å². The quantitative estimate of drug-likeness (QED) is 0.590. The van der Waals surface area contributed by atoms with Gasteiger partial charge in [-0.25, -0.2) is 14.8 Å². The van der Waals surface area contributed by atoms with Crippen LogP contribution in [0.15, 0.2) is 14.6 Å². The minimum atomic E-state index is -0.449. The smallest absolute Gasteiger partial charge is 0.332 e.